The molecular weight excluding hydrogens is 393 g/mol. The van der Waals surface area contributed by atoms with Crippen molar-refractivity contribution in [1.82, 2.24) is 4.31 Å². The number of hydrogen-bond donors (Lipinski definition) is 2. The molecular formula is C21H26FN3O3S. The lowest BCUT2D eigenvalue weighted by Crippen LogP contribution is -2.35. The highest BCUT2D eigenvalue weighted by Crippen LogP contribution is 2.23. The zero-order valence-corrected chi connectivity index (χ0v) is 17.4. The van der Waals surface area contributed by atoms with Gasteiger partial charge in [-0.25, -0.2) is 12.8 Å². The van der Waals surface area contributed by atoms with Crippen LogP contribution in [0.2, 0.25) is 0 Å². The van der Waals surface area contributed by atoms with Gasteiger partial charge >= 0.3 is 0 Å². The molecule has 2 N–H and O–H groups in total. The van der Waals surface area contributed by atoms with E-state index in [4.69, 9.17) is 0 Å². The van der Waals surface area contributed by atoms with E-state index in [1.165, 1.54) is 22.5 Å². The molecule has 0 spiro atoms. The van der Waals surface area contributed by atoms with Crippen LogP contribution in [0.25, 0.3) is 0 Å². The number of anilines is 2. The number of halogens is 1. The standard InChI is InChI=1S/C21H26FN3O3S/c1-15-9-10-18(14-20(15)22)23-16(2)21(26)24-17-7-6-8-19(13-17)29(27,28)25-11-4-3-5-12-25/h6-10,13-14,16,23H,3-5,11-12H2,1-2H3,(H,24,26). The van der Waals surface area contributed by atoms with Gasteiger partial charge in [0.1, 0.15) is 11.9 Å². The molecule has 1 heterocycles. The molecule has 6 nitrogen and oxygen atoms in total. The van der Waals surface area contributed by atoms with E-state index >= 15 is 0 Å². The lowest BCUT2D eigenvalue weighted by molar-refractivity contribution is -0.116. The summed E-state index contributed by atoms with van der Waals surface area (Å²) in [4.78, 5) is 12.7. The van der Waals surface area contributed by atoms with Gasteiger partial charge in [-0.15, -0.1) is 0 Å². The van der Waals surface area contributed by atoms with Crippen LogP contribution in [0.15, 0.2) is 47.4 Å². The van der Waals surface area contributed by atoms with Crippen LogP contribution in [-0.4, -0.2) is 37.8 Å². The second-order valence-electron chi connectivity index (χ2n) is 7.31. The third kappa shape index (κ3) is 5.13. The fourth-order valence-electron chi connectivity index (χ4n) is 3.24. The first-order valence-electron chi connectivity index (χ1n) is 9.71. The second kappa shape index (κ2) is 8.92. The largest absolute Gasteiger partial charge is 0.374 e. The summed E-state index contributed by atoms with van der Waals surface area (Å²) in [5, 5.41) is 5.67. The molecule has 2 aromatic rings. The first-order valence-corrected chi connectivity index (χ1v) is 11.1. The minimum absolute atomic E-state index is 0.165. The number of hydrogen-bond acceptors (Lipinski definition) is 4. The quantitative estimate of drug-likeness (QED) is 0.748. The van der Waals surface area contributed by atoms with Crippen molar-refractivity contribution in [2.75, 3.05) is 23.7 Å². The van der Waals surface area contributed by atoms with Gasteiger partial charge in [-0.2, -0.15) is 4.31 Å². The molecule has 1 aliphatic heterocycles. The highest BCUT2D eigenvalue weighted by molar-refractivity contribution is 7.89. The molecule has 0 bridgehead atoms. The van der Waals surface area contributed by atoms with Crippen LogP contribution in [-0.2, 0) is 14.8 Å². The van der Waals surface area contributed by atoms with E-state index in [0.29, 0.717) is 30.0 Å². The van der Waals surface area contributed by atoms with Crippen molar-refractivity contribution in [2.45, 2.75) is 44.0 Å². The molecule has 2 aromatic carbocycles. The molecule has 156 valence electrons. The van der Waals surface area contributed by atoms with Crippen molar-refractivity contribution in [3.63, 3.8) is 0 Å². The minimum Gasteiger partial charge on any atom is -0.374 e. The summed E-state index contributed by atoms with van der Waals surface area (Å²) in [5.41, 5.74) is 1.42. The molecule has 0 radical (unpaired) electrons. The Morgan fingerprint density at radius 2 is 1.79 bits per heavy atom. The number of aryl methyl sites for hydroxylation is 1. The average molecular weight is 420 g/mol. The van der Waals surface area contributed by atoms with Gasteiger partial charge in [0, 0.05) is 24.5 Å². The lowest BCUT2D eigenvalue weighted by atomic mass is 10.2. The smallest absolute Gasteiger partial charge is 0.246 e. The van der Waals surface area contributed by atoms with E-state index in [1.807, 2.05) is 0 Å². The maximum atomic E-state index is 13.7. The van der Waals surface area contributed by atoms with E-state index in [9.17, 15) is 17.6 Å². The number of carbonyl (C=O) groups excluding carboxylic acids is 1. The van der Waals surface area contributed by atoms with Crippen molar-refractivity contribution in [3.05, 3.63) is 53.8 Å². The molecule has 0 aromatic heterocycles. The number of rotatable bonds is 6. The number of sulfonamides is 1. The molecule has 1 unspecified atom stereocenters. The molecule has 3 rings (SSSR count). The number of amides is 1. The Kier molecular flexibility index (Phi) is 6.54. The van der Waals surface area contributed by atoms with Crippen LogP contribution in [0.3, 0.4) is 0 Å². The summed E-state index contributed by atoms with van der Waals surface area (Å²) in [6.07, 6.45) is 2.76. The monoisotopic (exact) mass is 419 g/mol. The highest BCUT2D eigenvalue weighted by Gasteiger charge is 2.26. The van der Waals surface area contributed by atoms with E-state index in [0.717, 1.165) is 19.3 Å². The van der Waals surface area contributed by atoms with Gasteiger partial charge in [0.25, 0.3) is 0 Å². The van der Waals surface area contributed by atoms with Crippen LogP contribution in [0, 0.1) is 12.7 Å². The number of nitrogens with one attached hydrogen (secondary N) is 2. The van der Waals surface area contributed by atoms with E-state index in [2.05, 4.69) is 10.6 Å². The molecule has 1 atom stereocenters. The Morgan fingerprint density at radius 3 is 2.48 bits per heavy atom. The predicted molar refractivity (Wildman–Crippen MR) is 112 cm³/mol. The fourth-order valence-corrected chi connectivity index (χ4v) is 4.80. The van der Waals surface area contributed by atoms with Crippen LogP contribution in [0.5, 0.6) is 0 Å². The van der Waals surface area contributed by atoms with Crippen molar-refractivity contribution in [1.29, 1.82) is 0 Å². The van der Waals surface area contributed by atoms with Gasteiger partial charge in [-0.3, -0.25) is 4.79 Å². The third-order valence-electron chi connectivity index (χ3n) is 5.00. The average Bonchev–Trinajstić information content (AvgIpc) is 2.71. The van der Waals surface area contributed by atoms with Crippen molar-refractivity contribution in [3.8, 4) is 0 Å². The Balaban J connectivity index is 1.68. The van der Waals surface area contributed by atoms with Crippen molar-refractivity contribution in [2.24, 2.45) is 0 Å². The molecule has 1 aliphatic rings. The number of benzene rings is 2. The molecule has 1 saturated heterocycles. The van der Waals surface area contributed by atoms with Crippen LogP contribution in [0.1, 0.15) is 31.7 Å². The Labute approximate surface area is 171 Å². The summed E-state index contributed by atoms with van der Waals surface area (Å²) >= 11 is 0. The summed E-state index contributed by atoms with van der Waals surface area (Å²) in [6.45, 7) is 4.36. The SMILES string of the molecule is Cc1ccc(NC(C)C(=O)Nc2cccc(S(=O)(=O)N3CCCCC3)c2)cc1F. The first kappa shape index (κ1) is 21.3. The summed E-state index contributed by atoms with van der Waals surface area (Å²) < 4.78 is 40.8. The van der Waals surface area contributed by atoms with Gasteiger partial charge in [-0.1, -0.05) is 18.6 Å². The minimum atomic E-state index is -3.57. The Hall–Kier alpha value is -2.45. The number of piperidine rings is 1. The Morgan fingerprint density at radius 1 is 1.07 bits per heavy atom. The zero-order chi connectivity index (χ0) is 21.0. The summed E-state index contributed by atoms with van der Waals surface area (Å²) in [5.74, 6) is -0.697. The van der Waals surface area contributed by atoms with Crippen LogP contribution >= 0.6 is 0 Å². The van der Waals surface area contributed by atoms with Gasteiger partial charge in [0.05, 0.1) is 4.90 Å². The number of carbonyl (C=O) groups is 1. The molecule has 1 fully saturated rings. The normalized spacial score (nSPS) is 16.2. The predicted octanol–water partition coefficient (Wildman–Crippen LogP) is 3.75. The van der Waals surface area contributed by atoms with Gasteiger partial charge in [-0.05, 0) is 62.6 Å². The fraction of sp³-hybridized carbons (Fsp3) is 0.381. The first-order chi connectivity index (χ1) is 13.8. The molecule has 0 aliphatic carbocycles. The van der Waals surface area contributed by atoms with Gasteiger partial charge in [0.15, 0.2) is 0 Å². The topological polar surface area (TPSA) is 78.5 Å². The zero-order valence-electron chi connectivity index (χ0n) is 16.6. The van der Waals surface area contributed by atoms with Crippen molar-refractivity contribution < 1.29 is 17.6 Å². The van der Waals surface area contributed by atoms with Crippen LogP contribution in [0.4, 0.5) is 15.8 Å². The molecule has 8 heteroatoms. The van der Waals surface area contributed by atoms with Crippen LogP contribution < -0.4 is 10.6 Å². The number of nitrogens with zero attached hydrogens (tertiary/aromatic N) is 1. The Bertz CT molecular complexity index is 988. The maximum Gasteiger partial charge on any atom is 0.246 e. The summed E-state index contributed by atoms with van der Waals surface area (Å²) in [7, 11) is -3.57. The lowest BCUT2D eigenvalue weighted by Gasteiger charge is -2.26. The van der Waals surface area contributed by atoms with Gasteiger partial charge in [0.2, 0.25) is 15.9 Å². The molecule has 29 heavy (non-hydrogen) atoms. The third-order valence-corrected chi connectivity index (χ3v) is 6.90. The van der Waals surface area contributed by atoms with Gasteiger partial charge < -0.3 is 10.6 Å². The van der Waals surface area contributed by atoms with E-state index < -0.39 is 16.1 Å². The van der Waals surface area contributed by atoms with E-state index in [-0.39, 0.29) is 16.6 Å². The highest BCUT2D eigenvalue weighted by atomic mass is 32.2. The van der Waals surface area contributed by atoms with E-state index in [1.54, 1.807) is 38.1 Å². The second-order valence-corrected chi connectivity index (χ2v) is 9.25. The molecule has 1 amide bonds. The maximum absolute atomic E-state index is 13.7. The van der Waals surface area contributed by atoms with Crippen molar-refractivity contribution >= 4 is 27.3 Å². The molecule has 0 saturated carbocycles. The summed E-state index contributed by atoms with van der Waals surface area (Å²) in [6, 6.07) is 10.3.